The molecule has 0 fully saturated rings. The number of carbonyl (C=O) groups excluding carboxylic acids is 1. The predicted molar refractivity (Wildman–Crippen MR) is 104 cm³/mol. The number of carbonyl (C=O) groups is 1. The number of hydrogen-bond acceptors (Lipinski definition) is 5. The van der Waals surface area contributed by atoms with Crippen LogP contribution in [0, 0.1) is 0 Å². The number of oxime groups is 1. The van der Waals surface area contributed by atoms with Gasteiger partial charge in [-0.25, -0.2) is 4.79 Å². The number of aliphatic hydroxyl groups excluding tert-OH is 1. The van der Waals surface area contributed by atoms with Crippen molar-refractivity contribution in [1.82, 2.24) is 0 Å². The minimum absolute atomic E-state index is 0.416. The van der Waals surface area contributed by atoms with Crippen molar-refractivity contribution in [3.05, 3.63) is 71.8 Å². The van der Waals surface area contributed by atoms with Gasteiger partial charge in [0.1, 0.15) is 17.9 Å². The summed E-state index contributed by atoms with van der Waals surface area (Å²) >= 11 is 0. The largest absolute Gasteiger partial charge is 0.455 e. The van der Waals surface area contributed by atoms with Gasteiger partial charge in [0.05, 0.1) is 5.56 Å². The zero-order chi connectivity index (χ0) is 19.1. The van der Waals surface area contributed by atoms with Gasteiger partial charge in [-0.05, 0) is 25.0 Å². The van der Waals surface area contributed by atoms with Gasteiger partial charge in [-0.2, -0.15) is 0 Å². The van der Waals surface area contributed by atoms with Crippen molar-refractivity contribution < 1.29 is 19.5 Å². The quantitative estimate of drug-likeness (QED) is 0.566. The molecule has 0 spiro atoms. The van der Waals surface area contributed by atoms with Gasteiger partial charge in [-0.3, -0.25) is 0 Å². The van der Waals surface area contributed by atoms with Gasteiger partial charge in [0.15, 0.2) is 6.10 Å². The van der Waals surface area contributed by atoms with Crippen molar-refractivity contribution in [2.24, 2.45) is 5.16 Å². The predicted octanol–water partition coefficient (Wildman–Crippen LogP) is 3.96. The second-order valence-corrected chi connectivity index (χ2v) is 6.66. The van der Waals surface area contributed by atoms with E-state index in [0.717, 1.165) is 24.8 Å². The molecule has 2 aromatic rings. The van der Waals surface area contributed by atoms with Crippen LogP contribution in [0.4, 0.5) is 0 Å². The third kappa shape index (κ3) is 4.74. The molecule has 3 atom stereocenters. The maximum absolute atomic E-state index is 12.5. The van der Waals surface area contributed by atoms with Crippen LogP contribution < -0.4 is 0 Å². The van der Waals surface area contributed by atoms with Crippen molar-refractivity contribution in [3.8, 4) is 0 Å². The number of unbranched alkanes of at least 4 members (excludes halogenated alkanes) is 2. The van der Waals surface area contributed by atoms with E-state index >= 15 is 0 Å². The Morgan fingerprint density at radius 2 is 1.78 bits per heavy atom. The van der Waals surface area contributed by atoms with E-state index in [1.54, 1.807) is 24.3 Å². The molecule has 1 heterocycles. The minimum atomic E-state index is -0.942. The van der Waals surface area contributed by atoms with Crippen LogP contribution in [0.25, 0.3) is 0 Å². The second kappa shape index (κ2) is 9.33. The van der Waals surface area contributed by atoms with Gasteiger partial charge in [0, 0.05) is 5.56 Å². The first-order valence-electron chi connectivity index (χ1n) is 9.44. The fraction of sp³-hybridized carbons (Fsp3) is 0.364. The molecule has 0 saturated carbocycles. The maximum atomic E-state index is 12.5. The molecule has 0 bridgehead atoms. The number of nitrogens with zero attached hydrogens (tertiary/aromatic N) is 1. The summed E-state index contributed by atoms with van der Waals surface area (Å²) in [6.07, 6.45) is 1.37. The van der Waals surface area contributed by atoms with Gasteiger partial charge in [0.2, 0.25) is 0 Å². The van der Waals surface area contributed by atoms with E-state index in [9.17, 15) is 9.90 Å². The Hall–Kier alpha value is -2.66. The lowest BCUT2D eigenvalue weighted by molar-refractivity contribution is -0.0731. The normalized spacial score (nSPS) is 19.9. The van der Waals surface area contributed by atoms with E-state index in [4.69, 9.17) is 9.57 Å². The standard InChI is InChI=1S/C22H25NO4/c1-2-3-6-15-18(26-22(25)17-13-9-5-10-14-17)21-20(24)19(23-27-21)16-11-7-4-8-12-16/h4-5,7-14,18,20-21,24H,2-3,6,15H2,1H3/t18-,20+,21-/m0/s1. The van der Waals surface area contributed by atoms with Crippen molar-refractivity contribution in [1.29, 1.82) is 0 Å². The Kier molecular flexibility index (Phi) is 6.60. The van der Waals surface area contributed by atoms with Crippen LogP contribution >= 0.6 is 0 Å². The molecule has 142 valence electrons. The fourth-order valence-corrected chi connectivity index (χ4v) is 3.15. The molecule has 0 radical (unpaired) electrons. The van der Waals surface area contributed by atoms with Gasteiger partial charge < -0.3 is 14.7 Å². The second-order valence-electron chi connectivity index (χ2n) is 6.66. The highest BCUT2D eigenvalue weighted by Crippen LogP contribution is 2.25. The van der Waals surface area contributed by atoms with Crippen molar-refractivity contribution >= 4 is 11.7 Å². The van der Waals surface area contributed by atoms with E-state index in [-0.39, 0.29) is 0 Å². The lowest BCUT2D eigenvalue weighted by Gasteiger charge is -2.24. The number of esters is 1. The fourth-order valence-electron chi connectivity index (χ4n) is 3.15. The van der Waals surface area contributed by atoms with E-state index in [2.05, 4.69) is 12.1 Å². The summed E-state index contributed by atoms with van der Waals surface area (Å²) < 4.78 is 5.72. The number of rotatable bonds is 8. The number of benzene rings is 2. The van der Waals surface area contributed by atoms with Crippen LogP contribution in [-0.4, -0.2) is 35.1 Å². The Balaban J connectivity index is 1.72. The highest BCUT2D eigenvalue weighted by molar-refractivity contribution is 6.04. The highest BCUT2D eigenvalue weighted by Gasteiger charge is 2.41. The molecule has 0 saturated heterocycles. The van der Waals surface area contributed by atoms with E-state index in [0.29, 0.717) is 17.7 Å². The summed E-state index contributed by atoms with van der Waals surface area (Å²) in [6, 6.07) is 18.3. The maximum Gasteiger partial charge on any atom is 0.338 e. The van der Waals surface area contributed by atoms with E-state index in [1.807, 2.05) is 36.4 Å². The SMILES string of the molecule is CCCCC[C@H](OC(=O)c1ccccc1)[C@@H]1ON=C(c2ccccc2)[C@H]1O. The van der Waals surface area contributed by atoms with Crippen LogP contribution in [0.5, 0.6) is 0 Å². The van der Waals surface area contributed by atoms with Crippen LogP contribution in [0.1, 0.15) is 48.5 Å². The molecule has 0 aliphatic carbocycles. The van der Waals surface area contributed by atoms with E-state index < -0.39 is 24.3 Å². The van der Waals surface area contributed by atoms with Gasteiger partial charge in [-0.15, -0.1) is 0 Å². The van der Waals surface area contributed by atoms with Gasteiger partial charge in [-0.1, -0.05) is 73.5 Å². The minimum Gasteiger partial charge on any atom is -0.455 e. The molecule has 1 N–H and O–H groups in total. The zero-order valence-corrected chi connectivity index (χ0v) is 15.5. The summed E-state index contributed by atoms with van der Waals surface area (Å²) in [5, 5.41) is 14.8. The summed E-state index contributed by atoms with van der Waals surface area (Å²) in [7, 11) is 0. The number of hydrogen-bond donors (Lipinski definition) is 1. The molecule has 1 aliphatic heterocycles. The molecule has 27 heavy (non-hydrogen) atoms. The monoisotopic (exact) mass is 367 g/mol. The van der Waals surface area contributed by atoms with Crippen molar-refractivity contribution in [3.63, 3.8) is 0 Å². The van der Waals surface area contributed by atoms with Crippen molar-refractivity contribution in [2.45, 2.75) is 50.9 Å². The van der Waals surface area contributed by atoms with Crippen LogP contribution in [0.2, 0.25) is 0 Å². The first kappa shape index (κ1) is 19.1. The zero-order valence-electron chi connectivity index (χ0n) is 15.5. The van der Waals surface area contributed by atoms with Crippen LogP contribution in [0.15, 0.2) is 65.8 Å². The van der Waals surface area contributed by atoms with Gasteiger partial charge >= 0.3 is 5.97 Å². The average molecular weight is 367 g/mol. The first-order chi connectivity index (χ1) is 13.2. The lowest BCUT2D eigenvalue weighted by atomic mass is 9.96. The molecule has 1 aliphatic rings. The van der Waals surface area contributed by atoms with Crippen molar-refractivity contribution in [2.75, 3.05) is 0 Å². The molecule has 5 nitrogen and oxygen atoms in total. The number of aliphatic hydroxyl groups is 1. The van der Waals surface area contributed by atoms with E-state index in [1.165, 1.54) is 0 Å². The number of ether oxygens (including phenoxy) is 1. The summed E-state index contributed by atoms with van der Waals surface area (Å²) in [4.78, 5) is 18.0. The summed E-state index contributed by atoms with van der Waals surface area (Å²) in [5.41, 5.74) is 1.75. The highest BCUT2D eigenvalue weighted by atomic mass is 16.7. The smallest absolute Gasteiger partial charge is 0.338 e. The molecular weight excluding hydrogens is 342 g/mol. The molecular formula is C22H25NO4. The molecule has 3 rings (SSSR count). The Morgan fingerprint density at radius 3 is 2.44 bits per heavy atom. The average Bonchev–Trinajstić information content (AvgIpc) is 3.10. The summed E-state index contributed by atoms with van der Waals surface area (Å²) in [5.74, 6) is -0.416. The third-order valence-electron chi connectivity index (χ3n) is 4.66. The van der Waals surface area contributed by atoms with Gasteiger partial charge in [0.25, 0.3) is 0 Å². The molecule has 5 heteroatoms. The Bertz CT molecular complexity index is 760. The molecule has 0 aromatic heterocycles. The third-order valence-corrected chi connectivity index (χ3v) is 4.66. The Labute approximate surface area is 159 Å². The Morgan fingerprint density at radius 1 is 1.11 bits per heavy atom. The van der Waals surface area contributed by atoms with Crippen LogP contribution in [-0.2, 0) is 9.57 Å². The summed E-state index contributed by atoms with van der Waals surface area (Å²) in [6.45, 7) is 2.11. The molecule has 2 aromatic carbocycles. The first-order valence-corrected chi connectivity index (χ1v) is 9.44. The molecule has 0 amide bonds. The lowest BCUT2D eigenvalue weighted by Crippen LogP contribution is -2.41. The topological polar surface area (TPSA) is 68.1 Å². The van der Waals surface area contributed by atoms with Crippen LogP contribution in [0.3, 0.4) is 0 Å². The molecule has 0 unspecified atom stereocenters.